The van der Waals surface area contributed by atoms with Gasteiger partial charge in [0, 0.05) is 6.54 Å². The Labute approximate surface area is 202 Å². The molecule has 0 spiro atoms. The molecule has 0 heterocycles. The number of hydrogen-bond acceptors (Lipinski definition) is 3. The normalized spacial score (nSPS) is 16.1. The predicted octanol–water partition coefficient (Wildman–Crippen LogP) is 5.38. The summed E-state index contributed by atoms with van der Waals surface area (Å²) in [5, 5.41) is 12.9. The average Bonchev–Trinajstić information content (AvgIpc) is 2.82. The third-order valence-electron chi connectivity index (χ3n) is 6.97. The zero-order valence-electron chi connectivity index (χ0n) is 20.2. The highest BCUT2D eigenvalue weighted by Gasteiger charge is 2.43. The molecule has 182 valence electrons. The van der Waals surface area contributed by atoms with Gasteiger partial charge in [-0.2, -0.15) is 0 Å². The van der Waals surface area contributed by atoms with E-state index in [1.807, 2.05) is 62.4 Å². The summed E-state index contributed by atoms with van der Waals surface area (Å²) in [7, 11) is 0. The molecule has 0 saturated heterocycles. The summed E-state index contributed by atoms with van der Waals surface area (Å²) in [6.45, 7) is 4.08. The molecule has 0 aliphatic heterocycles. The highest BCUT2D eigenvalue weighted by molar-refractivity contribution is 6.38. The Kier molecular flexibility index (Phi) is 8.85. The number of Topliss-reactive ketones (excluding diaryl/α,β-unsaturated/α-hetero) is 1. The van der Waals surface area contributed by atoms with Gasteiger partial charge in [0.05, 0.1) is 6.04 Å². The molecule has 6 nitrogen and oxygen atoms in total. The second-order valence-corrected chi connectivity index (χ2v) is 9.55. The molecule has 2 aromatic rings. The van der Waals surface area contributed by atoms with Crippen LogP contribution in [0.25, 0.3) is 0 Å². The topological polar surface area (TPSA) is 86.7 Å². The number of hydrogen-bond donors (Lipinski definition) is 2. The van der Waals surface area contributed by atoms with Gasteiger partial charge in [-0.25, -0.2) is 4.79 Å². The molecule has 2 N–H and O–H groups in total. The van der Waals surface area contributed by atoms with Gasteiger partial charge >= 0.3 is 6.09 Å². The molecule has 0 bridgehead atoms. The van der Waals surface area contributed by atoms with E-state index in [2.05, 4.69) is 17.4 Å². The third kappa shape index (κ3) is 6.46. The van der Waals surface area contributed by atoms with E-state index in [0.717, 1.165) is 37.7 Å². The molecule has 0 aromatic heterocycles. The maximum absolute atomic E-state index is 13.3. The molecular weight excluding hydrogens is 428 g/mol. The Hall–Kier alpha value is -3.15. The maximum Gasteiger partial charge on any atom is 0.407 e. The first-order valence-electron chi connectivity index (χ1n) is 12.3. The Bertz CT molecular complexity index is 957. The lowest BCUT2D eigenvalue weighted by molar-refractivity contribution is -0.141. The lowest BCUT2D eigenvalue weighted by Gasteiger charge is -2.46. The first kappa shape index (κ1) is 25.5. The standard InChI is InChI=1S/C28H36N2O4/c1-3-4-16-24(25(31)26(32)29-21(2)23-14-9-6-10-15-23)30(27(33)34)20-28(17-11-18-28)19-22-12-7-5-8-13-22/h5-10,12-15,21,24H,3-4,11,16-20H2,1-2H3,(H,29,32)(H,33,34)/t21?,24-/m0/s1. The van der Waals surface area contributed by atoms with Gasteiger partial charge < -0.3 is 10.4 Å². The Balaban J connectivity index is 1.77. The first-order chi connectivity index (χ1) is 16.3. The number of nitrogens with one attached hydrogen (secondary N) is 1. The Morgan fingerprint density at radius 2 is 1.65 bits per heavy atom. The highest BCUT2D eigenvalue weighted by Crippen LogP contribution is 2.45. The molecule has 1 unspecified atom stereocenters. The number of nitrogens with zero attached hydrogens (tertiary/aromatic N) is 1. The molecule has 2 aromatic carbocycles. The number of carbonyl (C=O) groups excluding carboxylic acids is 2. The van der Waals surface area contributed by atoms with Crippen molar-refractivity contribution in [2.24, 2.45) is 5.41 Å². The number of benzene rings is 2. The summed E-state index contributed by atoms with van der Waals surface area (Å²) in [5.74, 6) is -1.40. The minimum Gasteiger partial charge on any atom is -0.465 e. The summed E-state index contributed by atoms with van der Waals surface area (Å²) in [5.41, 5.74) is 1.86. The first-order valence-corrected chi connectivity index (χ1v) is 12.3. The molecule has 1 fully saturated rings. The summed E-state index contributed by atoms with van der Waals surface area (Å²) in [6.07, 6.45) is 4.33. The number of rotatable bonds is 12. The summed E-state index contributed by atoms with van der Waals surface area (Å²) >= 11 is 0. The van der Waals surface area contributed by atoms with Crippen LogP contribution in [0.4, 0.5) is 4.79 Å². The molecule has 34 heavy (non-hydrogen) atoms. The second-order valence-electron chi connectivity index (χ2n) is 9.55. The van der Waals surface area contributed by atoms with Gasteiger partial charge in [0.25, 0.3) is 5.91 Å². The zero-order chi connectivity index (χ0) is 24.6. The van der Waals surface area contributed by atoms with Crippen LogP contribution in [0.2, 0.25) is 0 Å². The molecule has 2 amide bonds. The van der Waals surface area contributed by atoms with Crippen molar-refractivity contribution in [1.82, 2.24) is 10.2 Å². The van der Waals surface area contributed by atoms with Crippen LogP contribution in [0.3, 0.4) is 0 Å². The van der Waals surface area contributed by atoms with Crippen molar-refractivity contribution >= 4 is 17.8 Å². The monoisotopic (exact) mass is 464 g/mol. The average molecular weight is 465 g/mol. The van der Waals surface area contributed by atoms with E-state index in [0.29, 0.717) is 12.8 Å². The van der Waals surface area contributed by atoms with Crippen LogP contribution in [0.15, 0.2) is 60.7 Å². The van der Waals surface area contributed by atoms with Crippen molar-refractivity contribution < 1.29 is 19.5 Å². The van der Waals surface area contributed by atoms with Crippen molar-refractivity contribution in [2.75, 3.05) is 6.54 Å². The van der Waals surface area contributed by atoms with E-state index >= 15 is 0 Å². The fourth-order valence-corrected chi connectivity index (χ4v) is 4.84. The van der Waals surface area contributed by atoms with E-state index < -0.39 is 23.8 Å². The number of amides is 2. The number of unbranched alkanes of at least 4 members (excludes halogenated alkanes) is 1. The highest BCUT2D eigenvalue weighted by atomic mass is 16.4. The number of carbonyl (C=O) groups is 3. The Morgan fingerprint density at radius 3 is 2.18 bits per heavy atom. The lowest BCUT2D eigenvalue weighted by atomic mass is 9.65. The van der Waals surface area contributed by atoms with Crippen molar-refractivity contribution in [3.63, 3.8) is 0 Å². The van der Waals surface area contributed by atoms with E-state index in [1.165, 1.54) is 10.5 Å². The SMILES string of the molecule is CCCC[C@@H](C(=O)C(=O)NC(C)c1ccccc1)N(CC1(Cc2ccccc2)CCC1)C(=O)O. The predicted molar refractivity (Wildman–Crippen MR) is 132 cm³/mol. The van der Waals surface area contributed by atoms with Crippen LogP contribution in [0.5, 0.6) is 0 Å². The van der Waals surface area contributed by atoms with E-state index in [9.17, 15) is 19.5 Å². The minimum absolute atomic E-state index is 0.196. The zero-order valence-corrected chi connectivity index (χ0v) is 20.2. The minimum atomic E-state index is -1.14. The maximum atomic E-state index is 13.3. The smallest absolute Gasteiger partial charge is 0.407 e. The van der Waals surface area contributed by atoms with Gasteiger partial charge in [-0.15, -0.1) is 0 Å². The molecule has 2 atom stereocenters. The van der Waals surface area contributed by atoms with E-state index in [4.69, 9.17) is 0 Å². The fraction of sp³-hybridized carbons (Fsp3) is 0.464. The van der Waals surface area contributed by atoms with Gasteiger partial charge in [-0.05, 0) is 49.1 Å². The molecule has 6 heteroatoms. The molecular formula is C28H36N2O4. The third-order valence-corrected chi connectivity index (χ3v) is 6.97. The van der Waals surface area contributed by atoms with Gasteiger partial charge in [-0.3, -0.25) is 14.5 Å². The van der Waals surface area contributed by atoms with Crippen molar-refractivity contribution in [1.29, 1.82) is 0 Å². The number of carboxylic acid groups (broad SMARTS) is 1. The molecule has 3 rings (SSSR count). The van der Waals surface area contributed by atoms with Crippen LogP contribution in [-0.4, -0.2) is 40.4 Å². The second kappa shape index (κ2) is 11.8. The number of ketones is 1. The van der Waals surface area contributed by atoms with Gasteiger partial charge in [-0.1, -0.05) is 86.8 Å². The summed E-state index contributed by atoms with van der Waals surface area (Å²) < 4.78 is 0. The van der Waals surface area contributed by atoms with Crippen LogP contribution in [-0.2, 0) is 16.0 Å². The fourth-order valence-electron chi connectivity index (χ4n) is 4.84. The summed E-state index contributed by atoms with van der Waals surface area (Å²) in [4.78, 5) is 39.8. The van der Waals surface area contributed by atoms with Crippen LogP contribution in [0, 0.1) is 5.41 Å². The summed E-state index contributed by atoms with van der Waals surface area (Å²) in [6, 6.07) is 18.1. The largest absolute Gasteiger partial charge is 0.465 e. The van der Waals surface area contributed by atoms with E-state index in [1.54, 1.807) is 0 Å². The Morgan fingerprint density at radius 1 is 1.03 bits per heavy atom. The van der Waals surface area contributed by atoms with Crippen molar-refractivity contribution in [2.45, 2.75) is 70.9 Å². The van der Waals surface area contributed by atoms with Crippen LogP contribution < -0.4 is 5.32 Å². The van der Waals surface area contributed by atoms with Gasteiger partial charge in [0.1, 0.15) is 6.04 Å². The van der Waals surface area contributed by atoms with Gasteiger partial charge in [0.15, 0.2) is 0 Å². The van der Waals surface area contributed by atoms with Crippen molar-refractivity contribution in [3.8, 4) is 0 Å². The lowest BCUT2D eigenvalue weighted by Crippen LogP contribution is -2.55. The molecule has 1 saturated carbocycles. The van der Waals surface area contributed by atoms with E-state index in [-0.39, 0.29) is 18.0 Å². The quantitative estimate of drug-likeness (QED) is 0.413. The van der Waals surface area contributed by atoms with Crippen molar-refractivity contribution in [3.05, 3.63) is 71.8 Å². The van der Waals surface area contributed by atoms with Crippen LogP contribution >= 0.6 is 0 Å². The van der Waals surface area contributed by atoms with Gasteiger partial charge in [0.2, 0.25) is 5.78 Å². The van der Waals surface area contributed by atoms with Crippen LogP contribution in [0.1, 0.15) is 69.5 Å². The molecule has 1 aliphatic carbocycles. The molecule has 1 aliphatic rings. The molecule has 0 radical (unpaired) electrons.